The Morgan fingerprint density at radius 2 is 1.90 bits per heavy atom. The first-order valence-electron chi connectivity index (χ1n) is 13.9. The van der Waals surface area contributed by atoms with Gasteiger partial charge in [-0.25, -0.2) is 23.7 Å². The van der Waals surface area contributed by atoms with E-state index in [-0.39, 0.29) is 17.4 Å². The second-order valence-electron chi connectivity index (χ2n) is 11.0. The molecule has 1 saturated heterocycles. The summed E-state index contributed by atoms with van der Waals surface area (Å²) in [5.41, 5.74) is 2.17. The monoisotopic (exact) mass is 563 g/mol. The van der Waals surface area contributed by atoms with E-state index in [9.17, 15) is 18.4 Å². The predicted octanol–water partition coefficient (Wildman–Crippen LogP) is 4.02. The van der Waals surface area contributed by atoms with Crippen molar-refractivity contribution in [2.75, 3.05) is 13.1 Å². The molecule has 0 spiro atoms. The van der Waals surface area contributed by atoms with E-state index in [1.54, 1.807) is 16.9 Å². The number of imidazole rings is 1. The zero-order chi connectivity index (χ0) is 28.7. The summed E-state index contributed by atoms with van der Waals surface area (Å²) >= 11 is 0. The Hall–Kier alpha value is -4.29. The van der Waals surface area contributed by atoms with Crippen LogP contribution in [0.25, 0.3) is 22.6 Å². The van der Waals surface area contributed by atoms with Crippen LogP contribution in [-0.4, -0.2) is 70.4 Å². The van der Waals surface area contributed by atoms with Crippen LogP contribution < -0.4 is 5.32 Å². The number of fused-ring (bicyclic) bond motifs is 1. The molecule has 214 valence electrons. The second kappa shape index (κ2) is 10.6. The van der Waals surface area contributed by atoms with Gasteiger partial charge >= 0.3 is 0 Å². The Morgan fingerprint density at radius 1 is 1.12 bits per heavy atom. The number of carbonyl (C=O) groups excluding carboxylic acids is 2. The summed E-state index contributed by atoms with van der Waals surface area (Å²) in [6, 6.07) is 2.80. The zero-order valence-electron chi connectivity index (χ0n) is 22.8. The highest BCUT2D eigenvalue weighted by atomic mass is 19.3. The summed E-state index contributed by atoms with van der Waals surface area (Å²) < 4.78 is 28.5. The fourth-order valence-corrected chi connectivity index (χ4v) is 5.72. The van der Waals surface area contributed by atoms with Gasteiger partial charge in [-0.15, -0.1) is 0 Å². The molecule has 41 heavy (non-hydrogen) atoms. The Bertz CT molecular complexity index is 1580. The third kappa shape index (κ3) is 5.27. The first-order valence-corrected chi connectivity index (χ1v) is 13.9. The minimum absolute atomic E-state index is 0.172. The number of amides is 2. The third-order valence-corrected chi connectivity index (χ3v) is 8.05. The number of rotatable bonds is 7. The van der Waals surface area contributed by atoms with Crippen LogP contribution in [0.5, 0.6) is 0 Å². The van der Waals surface area contributed by atoms with Crippen LogP contribution in [0.15, 0.2) is 36.9 Å². The molecule has 0 radical (unpaired) electrons. The summed E-state index contributed by atoms with van der Waals surface area (Å²) in [7, 11) is 0. The second-order valence-corrected chi connectivity index (χ2v) is 11.0. The van der Waals surface area contributed by atoms with Crippen LogP contribution in [0, 0.1) is 11.8 Å². The maximum atomic E-state index is 13.4. The van der Waals surface area contributed by atoms with E-state index in [1.807, 2.05) is 6.92 Å². The number of hydrogen-bond acceptors (Lipinski definition) is 7. The average Bonchev–Trinajstić information content (AvgIpc) is 3.61. The van der Waals surface area contributed by atoms with Gasteiger partial charge < -0.3 is 15.2 Å². The maximum absolute atomic E-state index is 13.4. The van der Waals surface area contributed by atoms with Crippen LogP contribution in [0.2, 0.25) is 0 Å². The molecule has 1 saturated carbocycles. The summed E-state index contributed by atoms with van der Waals surface area (Å²) in [6.45, 7) is 3.51. The van der Waals surface area contributed by atoms with E-state index < -0.39 is 31.0 Å². The molecule has 0 unspecified atom stereocenters. The molecule has 1 atom stereocenters. The molecule has 4 aromatic heterocycles. The number of hydrogen-bond donors (Lipinski definition) is 2. The van der Waals surface area contributed by atoms with Gasteiger partial charge in [0.1, 0.15) is 11.5 Å². The van der Waals surface area contributed by atoms with E-state index in [1.165, 1.54) is 24.7 Å². The van der Waals surface area contributed by atoms with Gasteiger partial charge in [0.05, 0.1) is 36.6 Å². The highest BCUT2D eigenvalue weighted by molar-refractivity contribution is 6.01. The molecule has 2 fully saturated rings. The van der Waals surface area contributed by atoms with Gasteiger partial charge in [-0.2, -0.15) is 5.10 Å². The van der Waals surface area contributed by atoms with Crippen LogP contribution in [-0.2, 0) is 6.54 Å². The van der Waals surface area contributed by atoms with Crippen molar-refractivity contribution in [3.8, 4) is 11.3 Å². The lowest BCUT2D eigenvalue weighted by Gasteiger charge is -2.38. The summed E-state index contributed by atoms with van der Waals surface area (Å²) in [6.07, 6.45) is 10.0. The molecular weight excluding hydrogens is 532 g/mol. The van der Waals surface area contributed by atoms with Crippen LogP contribution >= 0.6 is 0 Å². The van der Waals surface area contributed by atoms with Gasteiger partial charge in [0, 0.05) is 30.7 Å². The number of carbonyl (C=O) groups is 2. The number of H-pyrrole nitrogens is 1. The minimum Gasteiger partial charge on any atom is -0.340 e. The summed E-state index contributed by atoms with van der Waals surface area (Å²) in [4.78, 5) is 48.6. The number of halogens is 2. The van der Waals surface area contributed by atoms with Crippen LogP contribution in [0.3, 0.4) is 0 Å². The van der Waals surface area contributed by atoms with Gasteiger partial charge in [-0.05, 0) is 43.7 Å². The molecule has 1 aliphatic heterocycles. The topological polar surface area (TPSA) is 135 Å². The number of nitrogens with one attached hydrogen (secondary N) is 2. The number of aryl methyl sites for hydroxylation is 1. The molecule has 0 aromatic carbocycles. The Kier molecular flexibility index (Phi) is 6.96. The molecule has 13 heteroatoms. The standard InChI is InChI=1S/C28H31F2N9O2/c1-3-39-21(9-11-33-39)26(40)35-22(17-6-4-16(2)5-7-17)23-36-24-25(37-23)34-20(13-32-24)19-12-31-10-8-18(19)27(41)38-14-28(29,30)15-38/h8-13,16-17,22H,3-7,14-15H2,1-2H3,(H,35,40)(H,32,34,36,37)/t16?,17?,22-/m0/s1. The Morgan fingerprint density at radius 3 is 2.63 bits per heavy atom. The zero-order valence-corrected chi connectivity index (χ0v) is 22.8. The lowest BCUT2D eigenvalue weighted by atomic mass is 9.79. The van der Waals surface area contributed by atoms with Crippen molar-refractivity contribution < 1.29 is 18.4 Å². The van der Waals surface area contributed by atoms with E-state index >= 15 is 0 Å². The van der Waals surface area contributed by atoms with Crippen LogP contribution in [0.4, 0.5) is 8.78 Å². The molecule has 11 nitrogen and oxygen atoms in total. The number of nitrogens with zero attached hydrogens (tertiary/aromatic N) is 7. The van der Waals surface area contributed by atoms with Gasteiger partial charge in [-0.3, -0.25) is 19.3 Å². The quantitative estimate of drug-likeness (QED) is 0.347. The highest BCUT2D eigenvalue weighted by Gasteiger charge is 2.46. The number of alkyl halides is 2. The number of aromatic amines is 1. The van der Waals surface area contributed by atoms with Crippen molar-refractivity contribution in [1.82, 2.24) is 44.9 Å². The number of likely N-dealkylation sites (tertiary alicyclic amines) is 1. The number of pyridine rings is 1. The normalized spacial score (nSPS) is 20.9. The van der Waals surface area contributed by atoms with E-state index in [2.05, 4.69) is 37.3 Å². The fourth-order valence-electron chi connectivity index (χ4n) is 5.72. The van der Waals surface area contributed by atoms with E-state index in [4.69, 9.17) is 4.98 Å². The maximum Gasteiger partial charge on any atom is 0.282 e. The van der Waals surface area contributed by atoms with E-state index in [0.717, 1.165) is 30.6 Å². The summed E-state index contributed by atoms with van der Waals surface area (Å²) in [5.74, 6) is -2.26. The lowest BCUT2D eigenvalue weighted by Crippen LogP contribution is -2.58. The first-order chi connectivity index (χ1) is 19.7. The molecule has 6 rings (SSSR count). The molecule has 2 amide bonds. The van der Waals surface area contributed by atoms with Crippen molar-refractivity contribution >= 4 is 23.1 Å². The molecule has 0 bridgehead atoms. The number of aromatic nitrogens is 7. The SMILES string of the molecule is CCn1nccc1C(=O)N[C@H](c1nc2nc(-c3cnccc3C(=O)N3CC(F)(F)C3)cnc2[nH]1)C1CCC(C)CC1. The van der Waals surface area contributed by atoms with Crippen LogP contribution in [0.1, 0.15) is 72.2 Å². The molecule has 1 aliphatic carbocycles. The van der Waals surface area contributed by atoms with Gasteiger partial charge in [-0.1, -0.05) is 19.8 Å². The van der Waals surface area contributed by atoms with Gasteiger partial charge in [0.25, 0.3) is 17.7 Å². The van der Waals surface area contributed by atoms with Crippen molar-refractivity contribution in [1.29, 1.82) is 0 Å². The average molecular weight is 564 g/mol. The van der Waals surface area contributed by atoms with Gasteiger partial charge in [0.15, 0.2) is 11.3 Å². The Labute approximate surface area is 234 Å². The van der Waals surface area contributed by atoms with Crippen molar-refractivity contribution in [2.24, 2.45) is 11.8 Å². The lowest BCUT2D eigenvalue weighted by molar-refractivity contribution is -0.113. The van der Waals surface area contributed by atoms with Crippen molar-refractivity contribution in [2.45, 2.75) is 58.0 Å². The minimum atomic E-state index is -2.87. The molecular formula is C28H31F2N9O2. The highest BCUT2D eigenvalue weighted by Crippen LogP contribution is 2.37. The molecule has 2 N–H and O–H groups in total. The smallest absolute Gasteiger partial charge is 0.282 e. The Balaban J connectivity index is 1.31. The largest absolute Gasteiger partial charge is 0.340 e. The molecule has 2 aliphatic rings. The first kappa shape index (κ1) is 26.9. The molecule has 4 aromatic rings. The summed E-state index contributed by atoms with van der Waals surface area (Å²) in [5, 5.41) is 7.41. The third-order valence-electron chi connectivity index (χ3n) is 8.05. The molecule has 5 heterocycles. The predicted molar refractivity (Wildman–Crippen MR) is 145 cm³/mol. The van der Waals surface area contributed by atoms with Crippen molar-refractivity contribution in [3.63, 3.8) is 0 Å². The fraction of sp³-hybridized carbons (Fsp3) is 0.464. The van der Waals surface area contributed by atoms with Crippen molar-refractivity contribution in [3.05, 3.63) is 54.0 Å². The van der Waals surface area contributed by atoms with Gasteiger partial charge in [0.2, 0.25) is 0 Å². The van der Waals surface area contributed by atoms with E-state index in [0.29, 0.717) is 46.5 Å².